The molecule has 0 N–H and O–H groups in total. The molecule has 0 saturated heterocycles. The molecular formula is C22H24ClN3O3. The summed E-state index contributed by atoms with van der Waals surface area (Å²) in [4.78, 5) is 18.7. The van der Waals surface area contributed by atoms with E-state index in [-0.39, 0.29) is 12.5 Å². The first-order valence-electron chi connectivity index (χ1n) is 9.44. The van der Waals surface area contributed by atoms with Crippen LogP contribution in [0, 0.1) is 13.8 Å². The number of carbonyl (C=O) groups excluding carboxylic acids is 1. The standard InChI is InChI=1S/C22H24ClN3O3/c1-5-19(28-18-11-6-14(2)15(3)12-18)22(27)26(4)13-20-24-21(25-29-20)16-7-9-17(23)10-8-16/h6-12,19H,5,13H2,1-4H3/t19-/m1/s1. The van der Waals surface area contributed by atoms with Crippen LogP contribution >= 0.6 is 11.6 Å². The van der Waals surface area contributed by atoms with Crippen molar-refractivity contribution >= 4 is 17.5 Å². The lowest BCUT2D eigenvalue weighted by Gasteiger charge is -2.23. The number of halogens is 1. The predicted octanol–water partition coefficient (Wildman–Crippen LogP) is 4.82. The van der Waals surface area contributed by atoms with Gasteiger partial charge in [0.05, 0.1) is 6.54 Å². The number of hydrogen-bond donors (Lipinski definition) is 0. The minimum atomic E-state index is -0.583. The molecule has 6 nitrogen and oxygen atoms in total. The van der Waals surface area contributed by atoms with Gasteiger partial charge < -0.3 is 14.2 Å². The van der Waals surface area contributed by atoms with Crippen molar-refractivity contribution < 1.29 is 14.1 Å². The van der Waals surface area contributed by atoms with Crippen molar-refractivity contribution in [3.05, 3.63) is 64.5 Å². The molecule has 0 bridgehead atoms. The van der Waals surface area contributed by atoms with Gasteiger partial charge in [-0.2, -0.15) is 4.98 Å². The van der Waals surface area contributed by atoms with Gasteiger partial charge in [0.2, 0.25) is 11.7 Å². The highest BCUT2D eigenvalue weighted by Crippen LogP contribution is 2.21. The zero-order chi connectivity index (χ0) is 21.0. The summed E-state index contributed by atoms with van der Waals surface area (Å²) < 4.78 is 11.2. The van der Waals surface area contributed by atoms with Gasteiger partial charge in [-0.25, -0.2) is 0 Å². The summed E-state index contributed by atoms with van der Waals surface area (Å²) in [6.45, 7) is 6.18. The number of aryl methyl sites for hydroxylation is 2. The summed E-state index contributed by atoms with van der Waals surface area (Å²) in [5.74, 6) is 1.35. The molecule has 0 fully saturated rings. The van der Waals surface area contributed by atoms with E-state index in [1.807, 2.05) is 51.1 Å². The van der Waals surface area contributed by atoms with Crippen molar-refractivity contribution in [2.45, 2.75) is 39.8 Å². The number of benzene rings is 2. The maximum absolute atomic E-state index is 12.8. The maximum Gasteiger partial charge on any atom is 0.263 e. The summed E-state index contributed by atoms with van der Waals surface area (Å²) >= 11 is 5.91. The molecule has 152 valence electrons. The van der Waals surface area contributed by atoms with Crippen LogP contribution in [0.2, 0.25) is 5.02 Å². The smallest absolute Gasteiger partial charge is 0.263 e. The zero-order valence-corrected chi connectivity index (χ0v) is 17.7. The Labute approximate surface area is 175 Å². The van der Waals surface area contributed by atoms with E-state index in [2.05, 4.69) is 10.1 Å². The first-order chi connectivity index (χ1) is 13.9. The normalized spacial score (nSPS) is 11.9. The SMILES string of the molecule is CC[C@@H](Oc1ccc(C)c(C)c1)C(=O)N(C)Cc1nc(-c2ccc(Cl)cc2)no1. The van der Waals surface area contributed by atoms with Crippen LogP contribution in [-0.4, -0.2) is 34.1 Å². The molecule has 0 aliphatic carbocycles. The lowest BCUT2D eigenvalue weighted by molar-refractivity contribution is -0.138. The van der Waals surface area contributed by atoms with Crippen molar-refractivity contribution in [3.63, 3.8) is 0 Å². The molecular weight excluding hydrogens is 390 g/mol. The maximum atomic E-state index is 12.8. The molecule has 0 aliphatic heterocycles. The largest absolute Gasteiger partial charge is 0.481 e. The summed E-state index contributed by atoms with van der Waals surface area (Å²) in [7, 11) is 1.70. The van der Waals surface area contributed by atoms with E-state index in [1.54, 1.807) is 19.2 Å². The Morgan fingerprint density at radius 3 is 2.55 bits per heavy atom. The first-order valence-corrected chi connectivity index (χ1v) is 9.82. The molecule has 29 heavy (non-hydrogen) atoms. The Balaban J connectivity index is 1.65. The third-order valence-electron chi connectivity index (χ3n) is 4.72. The fourth-order valence-electron chi connectivity index (χ4n) is 2.82. The van der Waals surface area contributed by atoms with Gasteiger partial charge in [-0.15, -0.1) is 0 Å². The quantitative estimate of drug-likeness (QED) is 0.555. The number of nitrogens with zero attached hydrogens (tertiary/aromatic N) is 3. The van der Waals surface area contributed by atoms with E-state index in [4.69, 9.17) is 20.9 Å². The fourth-order valence-corrected chi connectivity index (χ4v) is 2.95. The fraction of sp³-hybridized carbons (Fsp3) is 0.318. The number of ether oxygens (including phenoxy) is 1. The van der Waals surface area contributed by atoms with Crippen molar-refractivity contribution in [1.29, 1.82) is 0 Å². The van der Waals surface area contributed by atoms with Crippen LogP contribution < -0.4 is 4.74 Å². The lowest BCUT2D eigenvalue weighted by atomic mass is 10.1. The van der Waals surface area contributed by atoms with Gasteiger partial charge in [0.15, 0.2) is 6.10 Å². The molecule has 2 aromatic carbocycles. The molecule has 0 unspecified atom stereocenters. The van der Waals surface area contributed by atoms with Gasteiger partial charge >= 0.3 is 0 Å². The van der Waals surface area contributed by atoms with Crippen LogP contribution in [-0.2, 0) is 11.3 Å². The summed E-state index contributed by atoms with van der Waals surface area (Å²) in [6, 6.07) is 13.0. The molecule has 0 saturated carbocycles. The third kappa shape index (κ3) is 5.15. The van der Waals surface area contributed by atoms with Crippen LogP contribution in [0.4, 0.5) is 0 Å². The van der Waals surface area contributed by atoms with Gasteiger partial charge in [-0.1, -0.05) is 29.7 Å². The molecule has 1 atom stereocenters. The summed E-state index contributed by atoms with van der Waals surface area (Å²) in [5.41, 5.74) is 3.10. The number of likely N-dealkylation sites (N-methyl/N-ethyl adjacent to an activating group) is 1. The molecule has 1 amide bonds. The highest BCUT2D eigenvalue weighted by atomic mass is 35.5. The van der Waals surface area contributed by atoms with E-state index in [9.17, 15) is 4.79 Å². The molecule has 0 aliphatic rings. The first kappa shape index (κ1) is 20.9. The van der Waals surface area contributed by atoms with Crippen LogP contribution in [0.5, 0.6) is 5.75 Å². The molecule has 3 aromatic rings. The topological polar surface area (TPSA) is 68.5 Å². The Bertz CT molecular complexity index is 985. The Kier molecular flexibility index (Phi) is 6.54. The van der Waals surface area contributed by atoms with Gasteiger partial charge in [-0.3, -0.25) is 4.79 Å². The Hall–Kier alpha value is -2.86. The average Bonchev–Trinajstić information content (AvgIpc) is 3.17. The van der Waals surface area contributed by atoms with E-state index in [0.29, 0.717) is 28.9 Å². The predicted molar refractivity (Wildman–Crippen MR) is 112 cm³/mol. The van der Waals surface area contributed by atoms with E-state index >= 15 is 0 Å². The number of rotatable bonds is 7. The van der Waals surface area contributed by atoms with Crippen molar-refractivity contribution in [3.8, 4) is 17.1 Å². The van der Waals surface area contributed by atoms with Gasteiger partial charge in [0.1, 0.15) is 5.75 Å². The second-order valence-electron chi connectivity index (χ2n) is 6.97. The minimum absolute atomic E-state index is 0.142. The van der Waals surface area contributed by atoms with E-state index in [1.165, 1.54) is 10.5 Å². The van der Waals surface area contributed by atoms with Crippen LogP contribution in [0.15, 0.2) is 47.0 Å². The molecule has 1 heterocycles. The molecule has 7 heteroatoms. The second kappa shape index (κ2) is 9.09. The highest BCUT2D eigenvalue weighted by molar-refractivity contribution is 6.30. The average molecular weight is 414 g/mol. The summed E-state index contributed by atoms with van der Waals surface area (Å²) in [6.07, 6.45) is -0.0311. The monoisotopic (exact) mass is 413 g/mol. The Morgan fingerprint density at radius 2 is 1.90 bits per heavy atom. The third-order valence-corrected chi connectivity index (χ3v) is 4.97. The number of hydrogen-bond acceptors (Lipinski definition) is 5. The van der Waals surface area contributed by atoms with E-state index < -0.39 is 6.10 Å². The van der Waals surface area contributed by atoms with Crippen LogP contribution in [0.1, 0.15) is 30.4 Å². The molecule has 1 aromatic heterocycles. The molecule has 3 rings (SSSR count). The van der Waals surface area contributed by atoms with Crippen molar-refractivity contribution in [1.82, 2.24) is 15.0 Å². The van der Waals surface area contributed by atoms with Crippen LogP contribution in [0.3, 0.4) is 0 Å². The van der Waals surface area contributed by atoms with Gasteiger partial charge in [0, 0.05) is 17.6 Å². The molecule has 0 radical (unpaired) electrons. The van der Waals surface area contributed by atoms with Crippen molar-refractivity contribution in [2.24, 2.45) is 0 Å². The number of carbonyl (C=O) groups is 1. The minimum Gasteiger partial charge on any atom is -0.481 e. The number of aromatic nitrogens is 2. The Morgan fingerprint density at radius 1 is 1.17 bits per heavy atom. The van der Waals surface area contributed by atoms with Crippen LogP contribution in [0.25, 0.3) is 11.4 Å². The molecule has 0 spiro atoms. The van der Waals surface area contributed by atoms with Gasteiger partial charge in [0.25, 0.3) is 5.91 Å². The summed E-state index contributed by atoms with van der Waals surface area (Å²) in [5, 5.41) is 4.62. The zero-order valence-electron chi connectivity index (χ0n) is 17.0. The highest BCUT2D eigenvalue weighted by Gasteiger charge is 2.24. The number of amides is 1. The van der Waals surface area contributed by atoms with Gasteiger partial charge in [-0.05, 0) is 67.8 Å². The lowest BCUT2D eigenvalue weighted by Crippen LogP contribution is -2.39. The van der Waals surface area contributed by atoms with E-state index in [0.717, 1.165) is 11.1 Å². The second-order valence-corrected chi connectivity index (χ2v) is 7.41. The van der Waals surface area contributed by atoms with Crippen molar-refractivity contribution in [2.75, 3.05) is 7.05 Å².